The van der Waals surface area contributed by atoms with E-state index in [1.165, 1.54) is 5.56 Å². The van der Waals surface area contributed by atoms with Crippen LogP contribution in [-0.2, 0) is 11.2 Å². The number of rotatable bonds is 6. The second-order valence-electron chi connectivity index (χ2n) is 4.93. The predicted molar refractivity (Wildman–Crippen MR) is 72.6 cm³/mol. The Kier molecular flexibility index (Phi) is 5.16. The van der Waals surface area contributed by atoms with Gasteiger partial charge in [-0.15, -0.1) is 0 Å². The predicted octanol–water partition coefficient (Wildman–Crippen LogP) is 1.48. The topological polar surface area (TPSA) is 64.3 Å². The fraction of sp³-hybridized carbons (Fsp3) is 0.500. The van der Waals surface area contributed by atoms with Gasteiger partial charge in [-0.3, -0.25) is 4.79 Å². The first-order valence-electron chi connectivity index (χ1n) is 6.13. The van der Waals surface area contributed by atoms with Gasteiger partial charge < -0.3 is 15.8 Å². The minimum atomic E-state index is -0.810. The van der Waals surface area contributed by atoms with Crippen molar-refractivity contribution in [2.75, 3.05) is 13.7 Å². The molecule has 4 nitrogen and oxygen atoms in total. The summed E-state index contributed by atoms with van der Waals surface area (Å²) in [6.45, 7) is 4.03. The van der Waals surface area contributed by atoms with E-state index in [2.05, 4.69) is 11.4 Å². The number of carbonyl (C=O) groups is 1. The molecule has 0 saturated heterocycles. The van der Waals surface area contributed by atoms with Crippen LogP contribution in [0, 0.1) is 0 Å². The van der Waals surface area contributed by atoms with Crippen LogP contribution in [0.1, 0.15) is 25.8 Å². The van der Waals surface area contributed by atoms with Gasteiger partial charge in [0.15, 0.2) is 0 Å². The lowest BCUT2D eigenvalue weighted by Gasteiger charge is -2.17. The average Bonchev–Trinajstić information content (AvgIpc) is 2.33. The SMILES string of the molecule is COc1cccc(CCCNC(=O)C(C)(C)N)c1. The Hall–Kier alpha value is -1.55. The van der Waals surface area contributed by atoms with E-state index >= 15 is 0 Å². The molecule has 0 aliphatic heterocycles. The Bertz CT molecular complexity index is 397. The van der Waals surface area contributed by atoms with E-state index in [-0.39, 0.29) is 5.91 Å². The summed E-state index contributed by atoms with van der Waals surface area (Å²) in [5.74, 6) is 0.743. The van der Waals surface area contributed by atoms with Gasteiger partial charge in [0.05, 0.1) is 12.6 Å². The maximum atomic E-state index is 11.5. The van der Waals surface area contributed by atoms with Gasteiger partial charge in [-0.2, -0.15) is 0 Å². The molecule has 0 aliphatic carbocycles. The average molecular weight is 250 g/mol. The molecule has 1 amide bonds. The van der Waals surface area contributed by atoms with Gasteiger partial charge in [-0.25, -0.2) is 0 Å². The minimum Gasteiger partial charge on any atom is -0.497 e. The van der Waals surface area contributed by atoms with Crippen molar-refractivity contribution in [1.82, 2.24) is 5.32 Å². The molecule has 0 unspecified atom stereocenters. The van der Waals surface area contributed by atoms with Crippen molar-refractivity contribution < 1.29 is 9.53 Å². The number of nitrogens with two attached hydrogens (primary N) is 1. The number of nitrogens with one attached hydrogen (secondary N) is 1. The third-order valence-corrected chi connectivity index (χ3v) is 2.65. The molecule has 18 heavy (non-hydrogen) atoms. The monoisotopic (exact) mass is 250 g/mol. The van der Waals surface area contributed by atoms with Crippen molar-refractivity contribution in [1.29, 1.82) is 0 Å². The summed E-state index contributed by atoms with van der Waals surface area (Å²) in [4.78, 5) is 11.5. The van der Waals surface area contributed by atoms with Crippen molar-refractivity contribution >= 4 is 5.91 Å². The molecule has 1 aromatic rings. The Balaban J connectivity index is 2.32. The van der Waals surface area contributed by atoms with E-state index in [1.54, 1.807) is 21.0 Å². The van der Waals surface area contributed by atoms with Gasteiger partial charge in [0.25, 0.3) is 0 Å². The summed E-state index contributed by atoms with van der Waals surface area (Å²) in [5.41, 5.74) is 6.08. The van der Waals surface area contributed by atoms with Crippen LogP contribution in [0.2, 0.25) is 0 Å². The molecule has 0 saturated carbocycles. The van der Waals surface area contributed by atoms with Crippen molar-refractivity contribution in [2.24, 2.45) is 5.73 Å². The Labute approximate surface area is 109 Å². The second kappa shape index (κ2) is 6.40. The normalized spacial score (nSPS) is 11.1. The van der Waals surface area contributed by atoms with Crippen molar-refractivity contribution in [3.8, 4) is 5.75 Å². The molecule has 0 heterocycles. The Morgan fingerprint density at radius 1 is 1.44 bits per heavy atom. The first kappa shape index (κ1) is 14.5. The molecule has 0 aromatic heterocycles. The number of hydrogen-bond donors (Lipinski definition) is 2. The fourth-order valence-corrected chi connectivity index (χ4v) is 1.55. The van der Waals surface area contributed by atoms with Crippen molar-refractivity contribution in [3.63, 3.8) is 0 Å². The van der Waals surface area contributed by atoms with Crippen LogP contribution >= 0.6 is 0 Å². The Morgan fingerprint density at radius 3 is 2.78 bits per heavy atom. The van der Waals surface area contributed by atoms with Crippen LogP contribution in [0.3, 0.4) is 0 Å². The zero-order chi connectivity index (χ0) is 13.6. The lowest BCUT2D eigenvalue weighted by atomic mass is 10.1. The molecule has 3 N–H and O–H groups in total. The van der Waals surface area contributed by atoms with Crippen LogP contribution in [0.25, 0.3) is 0 Å². The summed E-state index contributed by atoms with van der Waals surface area (Å²) < 4.78 is 5.16. The third kappa shape index (κ3) is 4.75. The van der Waals surface area contributed by atoms with Gasteiger partial charge >= 0.3 is 0 Å². The number of methoxy groups -OCH3 is 1. The van der Waals surface area contributed by atoms with Gasteiger partial charge in [-0.1, -0.05) is 12.1 Å². The molecule has 100 valence electrons. The molecule has 0 aliphatic rings. The highest BCUT2D eigenvalue weighted by atomic mass is 16.5. The van der Waals surface area contributed by atoms with Crippen LogP contribution in [0.15, 0.2) is 24.3 Å². The molecular weight excluding hydrogens is 228 g/mol. The first-order valence-corrected chi connectivity index (χ1v) is 6.13. The van der Waals surface area contributed by atoms with E-state index in [1.807, 2.05) is 18.2 Å². The Morgan fingerprint density at radius 2 is 2.17 bits per heavy atom. The third-order valence-electron chi connectivity index (χ3n) is 2.65. The van der Waals surface area contributed by atoms with Crippen LogP contribution < -0.4 is 15.8 Å². The van der Waals surface area contributed by atoms with Crippen LogP contribution in [0.5, 0.6) is 5.75 Å². The molecule has 1 rings (SSSR count). The van der Waals surface area contributed by atoms with Crippen molar-refractivity contribution in [3.05, 3.63) is 29.8 Å². The molecule has 1 aromatic carbocycles. The zero-order valence-corrected chi connectivity index (χ0v) is 11.3. The number of amides is 1. The number of carbonyl (C=O) groups excluding carboxylic acids is 1. The maximum Gasteiger partial charge on any atom is 0.239 e. The highest BCUT2D eigenvalue weighted by molar-refractivity contribution is 5.84. The van der Waals surface area contributed by atoms with Gasteiger partial charge in [0.1, 0.15) is 5.75 Å². The molecular formula is C14H22N2O2. The summed E-state index contributed by atoms with van der Waals surface area (Å²) >= 11 is 0. The quantitative estimate of drug-likeness (QED) is 0.752. The highest BCUT2D eigenvalue weighted by Crippen LogP contribution is 2.13. The molecule has 0 spiro atoms. The van der Waals surface area contributed by atoms with E-state index in [9.17, 15) is 4.79 Å². The van der Waals surface area contributed by atoms with Crippen LogP contribution in [0.4, 0.5) is 0 Å². The van der Waals surface area contributed by atoms with E-state index in [4.69, 9.17) is 10.5 Å². The molecule has 0 bridgehead atoms. The minimum absolute atomic E-state index is 0.117. The molecule has 0 atom stereocenters. The van der Waals surface area contributed by atoms with Gasteiger partial charge in [0.2, 0.25) is 5.91 Å². The molecule has 0 radical (unpaired) electrons. The number of benzene rings is 1. The van der Waals surface area contributed by atoms with E-state index in [0.29, 0.717) is 6.54 Å². The number of ether oxygens (including phenoxy) is 1. The molecule has 4 heteroatoms. The summed E-state index contributed by atoms with van der Waals surface area (Å²) in [6.07, 6.45) is 1.79. The molecule has 0 fully saturated rings. The lowest BCUT2D eigenvalue weighted by Crippen LogP contribution is -2.49. The van der Waals surface area contributed by atoms with Crippen LogP contribution in [-0.4, -0.2) is 25.1 Å². The maximum absolute atomic E-state index is 11.5. The summed E-state index contributed by atoms with van der Waals surface area (Å²) in [7, 11) is 1.66. The highest BCUT2D eigenvalue weighted by Gasteiger charge is 2.20. The summed E-state index contributed by atoms with van der Waals surface area (Å²) in [6, 6.07) is 7.95. The van der Waals surface area contributed by atoms with E-state index < -0.39 is 5.54 Å². The van der Waals surface area contributed by atoms with Crippen molar-refractivity contribution in [2.45, 2.75) is 32.2 Å². The number of aryl methyl sites for hydroxylation is 1. The fourth-order valence-electron chi connectivity index (χ4n) is 1.55. The van der Waals surface area contributed by atoms with Gasteiger partial charge in [-0.05, 0) is 44.4 Å². The largest absolute Gasteiger partial charge is 0.497 e. The smallest absolute Gasteiger partial charge is 0.239 e. The lowest BCUT2D eigenvalue weighted by molar-refractivity contribution is -0.125. The number of hydrogen-bond acceptors (Lipinski definition) is 3. The van der Waals surface area contributed by atoms with E-state index in [0.717, 1.165) is 18.6 Å². The van der Waals surface area contributed by atoms with Gasteiger partial charge in [0, 0.05) is 6.54 Å². The summed E-state index contributed by atoms with van der Waals surface area (Å²) in [5, 5.41) is 2.83. The second-order valence-corrected chi connectivity index (χ2v) is 4.93. The first-order chi connectivity index (χ1) is 8.43. The zero-order valence-electron chi connectivity index (χ0n) is 11.3. The standard InChI is InChI=1S/C14H22N2O2/c1-14(2,15)13(17)16-9-5-7-11-6-4-8-12(10-11)18-3/h4,6,8,10H,5,7,9,15H2,1-3H3,(H,16,17).